The number of halogens is 1. The third-order valence-corrected chi connectivity index (χ3v) is 6.42. The van der Waals surface area contributed by atoms with E-state index in [1.165, 1.54) is 0 Å². The Morgan fingerprint density at radius 2 is 2.00 bits per heavy atom. The van der Waals surface area contributed by atoms with Gasteiger partial charge in [0.25, 0.3) is 0 Å². The van der Waals surface area contributed by atoms with Gasteiger partial charge in [0.1, 0.15) is 11.4 Å². The largest absolute Gasteiger partial charge is 0.335 e. The molecule has 0 amide bonds. The molecule has 0 radical (unpaired) electrons. The van der Waals surface area contributed by atoms with E-state index in [2.05, 4.69) is 35.1 Å². The second-order valence-corrected chi connectivity index (χ2v) is 9.17. The van der Waals surface area contributed by atoms with Crippen LogP contribution in [0.4, 0.5) is 4.39 Å². The molecule has 0 aromatic carbocycles. The SMILES string of the molecule is CN(C)Cc1cncc(-c2ncc3[nH]nc(-c4nc5nccc(-c6cccs6)c5[nH]4)c3c2F)c1. The Hall–Kier alpha value is -4.02. The van der Waals surface area contributed by atoms with Gasteiger partial charge in [-0.15, -0.1) is 11.3 Å². The van der Waals surface area contributed by atoms with Gasteiger partial charge in [-0.1, -0.05) is 6.07 Å². The second-order valence-electron chi connectivity index (χ2n) is 8.22. The van der Waals surface area contributed by atoms with E-state index in [4.69, 9.17) is 0 Å². The third kappa shape index (κ3) is 3.44. The van der Waals surface area contributed by atoms with Crippen molar-refractivity contribution in [2.24, 2.45) is 0 Å². The number of nitrogens with one attached hydrogen (secondary N) is 2. The number of H-pyrrole nitrogens is 2. The Kier molecular flexibility index (Phi) is 4.89. The first kappa shape index (κ1) is 20.6. The fraction of sp³-hybridized carbons (Fsp3) is 0.125. The lowest BCUT2D eigenvalue weighted by Gasteiger charge is -2.10. The topological polar surface area (TPSA) is 99.3 Å². The first-order chi connectivity index (χ1) is 16.6. The fourth-order valence-corrected chi connectivity index (χ4v) is 4.83. The predicted molar refractivity (Wildman–Crippen MR) is 131 cm³/mol. The quantitative estimate of drug-likeness (QED) is 0.372. The maximum atomic E-state index is 15.9. The Bertz CT molecular complexity index is 1630. The summed E-state index contributed by atoms with van der Waals surface area (Å²) < 4.78 is 15.9. The molecule has 0 saturated heterocycles. The maximum Gasteiger partial charge on any atom is 0.178 e. The van der Waals surface area contributed by atoms with Crippen LogP contribution in [-0.4, -0.2) is 54.1 Å². The van der Waals surface area contributed by atoms with Gasteiger partial charge in [0.05, 0.1) is 22.6 Å². The lowest BCUT2D eigenvalue weighted by molar-refractivity contribution is 0.402. The molecule has 8 nitrogen and oxygen atoms in total. The molecule has 0 saturated carbocycles. The van der Waals surface area contributed by atoms with Gasteiger partial charge in [0.2, 0.25) is 0 Å². The molecule has 6 aromatic heterocycles. The first-order valence-corrected chi connectivity index (χ1v) is 11.5. The molecule has 168 valence electrons. The molecule has 6 aromatic rings. The molecule has 0 aliphatic carbocycles. The Labute approximate surface area is 197 Å². The van der Waals surface area contributed by atoms with Crippen LogP contribution in [0.5, 0.6) is 0 Å². The van der Waals surface area contributed by atoms with E-state index in [1.54, 1.807) is 36.1 Å². The minimum atomic E-state index is -0.475. The summed E-state index contributed by atoms with van der Waals surface area (Å²) in [5.74, 6) is -0.0368. The number of nitrogens with zero attached hydrogens (tertiary/aromatic N) is 6. The molecule has 34 heavy (non-hydrogen) atoms. The van der Waals surface area contributed by atoms with Crippen LogP contribution in [0.2, 0.25) is 0 Å². The molecular formula is C24H19FN8S. The number of hydrogen-bond donors (Lipinski definition) is 2. The van der Waals surface area contributed by atoms with Gasteiger partial charge in [-0.2, -0.15) is 5.10 Å². The lowest BCUT2D eigenvalue weighted by Crippen LogP contribution is -2.10. The summed E-state index contributed by atoms with van der Waals surface area (Å²) >= 11 is 1.63. The molecule has 0 fully saturated rings. The standard InChI is InChI=1S/C24H19FN8S/c1-33(2)12-13-8-14(10-26-9-13)20-19(25)18-16(11-28-20)31-32-22(18)24-29-21-15(17-4-3-7-34-17)5-6-27-23(21)30-24/h3-11H,12H2,1-2H3,(H,31,32)(H,27,29,30). The van der Waals surface area contributed by atoms with Crippen LogP contribution in [0.1, 0.15) is 5.56 Å². The number of thiophene rings is 1. The van der Waals surface area contributed by atoms with E-state index < -0.39 is 5.82 Å². The van der Waals surface area contributed by atoms with Gasteiger partial charge in [-0.25, -0.2) is 14.4 Å². The molecule has 0 bridgehead atoms. The number of fused-ring (bicyclic) bond motifs is 2. The van der Waals surface area contributed by atoms with E-state index in [9.17, 15) is 0 Å². The summed E-state index contributed by atoms with van der Waals surface area (Å²) in [6, 6.07) is 7.88. The first-order valence-electron chi connectivity index (χ1n) is 10.6. The predicted octanol–water partition coefficient (Wildman–Crippen LogP) is 4.89. The van der Waals surface area contributed by atoms with E-state index in [0.717, 1.165) is 21.5 Å². The molecule has 6 heterocycles. The molecule has 0 aliphatic rings. The molecule has 2 N–H and O–H groups in total. The van der Waals surface area contributed by atoms with Gasteiger partial charge in [-0.05, 0) is 43.2 Å². The average Bonchev–Trinajstić information content (AvgIpc) is 3.57. The van der Waals surface area contributed by atoms with Crippen LogP contribution in [-0.2, 0) is 6.54 Å². The monoisotopic (exact) mass is 470 g/mol. The number of pyridine rings is 3. The Morgan fingerprint density at radius 1 is 1.09 bits per heavy atom. The van der Waals surface area contributed by atoms with Gasteiger partial charge in [0.15, 0.2) is 17.3 Å². The van der Waals surface area contributed by atoms with Gasteiger partial charge < -0.3 is 9.88 Å². The third-order valence-electron chi connectivity index (χ3n) is 5.51. The van der Waals surface area contributed by atoms with E-state index in [1.807, 2.05) is 48.6 Å². The fourth-order valence-electron chi connectivity index (χ4n) is 4.08. The molecule has 10 heteroatoms. The van der Waals surface area contributed by atoms with Crippen molar-refractivity contribution in [3.63, 3.8) is 0 Å². The molecule has 0 unspecified atom stereocenters. The smallest absolute Gasteiger partial charge is 0.178 e. The molecule has 0 aliphatic heterocycles. The Morgan fingerprint density at radius 3 is 2.82 bits per heavy atom. The summed E-state index contributed by atoms with van der Waals surface area (Å²) in [6.45, 7) is 0.695. The van der Waals surface area contributed by atoms with Crippen LogP contribution >= 0.6 is 11.3 Å². The van der Waals surface area contributed by atoms with E-state index in [-0.39, 0.29) is 5.69 Å². The van der Waals surface area contributed by atoms with Gasteiger partial charge >= 0.3 is 0 Å². The minimum absolute atomic E-state index is 0.219. The summed E-state index contributed by atoms with van der Waals surface area (Å²) in [7, 11) is 3.95. The highest BCUT2D eigenvalue weighted by atomic mass is 32.1. The van der Waals surface area contributed by atoms with E-state index >= 15 is 4.39 Å². The molecular weight excluding hydrogens is 451 g/mol. The molecule has 0 spiro atoms. The summed E-state index contributed by atoms with van der Waals surface area (Å²) in [4.78, 5) is 24.1. The maximum absolute atomic E-state index is 15.9. The van der Waals surface area contributed by atoms with Crippen LogP contribution in [0.25, 0.3) is 55.3 Å². The zero-order chi connectivity index (χ0) is 23.2. The highest BCUT2D eigenvalue weighted by molar-refractivity contribution is 7.13. The Balaban J connectivity index is 1.50. The van der Waals surface area contributed by atoms with Crippen molar-refractivity contribution in [3.8, 4) is 33.2 Å². The van der Waals surface area contributed by atoms with Gasteiger partial charge in [-0.3, -0.25) is 15.1 Å². The average molecular weight is 471 g/mol. The van der Waals surface area contributed by atoms with Crippen molar-refractivity contribution in [2.75, 3.05) is 14.1 Å². The number of aromatic nitrogens is 7. The van der Waals surface area contributed by atoms with Crippen molar-refractivity contribution in [1.29, 1.82) is 0 Å². The zero-order valence-electron chi connectivity index (χ0n) is 18.4. The van der Waals surface area contributed by atoms with Crippen LogP contribution in [0, 0.1) is 5.82 Å². The lowest BCUT2D eigenvalue weighted by atomic mass is 10.1. The van der Waals surface area contributed by atoms with Crippen molar-refractivity contribution < 1.29 is 4.39 Å². The van der Waals surface area contributed by atoms with Crippen molar-refractivity contribution >= 4 is 33.4 Å². The summed E-state index contributed by atoms with van der Waals surface area (Å²) in [6.07, 6.45) is 6.70. The summed E-state index contributed by atoms with van der Waals surface area (Å²) in [5, 5.41) is 9.58. The highest BCUT2D eigenvalue weighted by Gasteiger charge is 2.21. The molecule has 0 atom stereocenters. The minimum Gasteiger partial charge on any atom is -0.335 e. The van der Waals surface area contributed by atoms with Crippen molar-refractivity contribution in [2.45, 2.75) is 6.54 Å². The number of aromatic amines is 2. The van der Waals surface area contributed by atoms with Crippen molar-refractivity contribution in [3.05, 3.63) is 65.8 Å². The highest BCUT2D eigenvalue weighted by Crippen LogP contribution is 2.35. The van der Waals surface area contributed by atoms with Crippen LogP contribution in [0.3, 0.4) is 0 Å². The second kappa shape index (κ2) is 8.08. The summed E-state index contributed by atoms with van der Waals surface area (Å²) in [5.41, 5.74) is 4.99. The normalized spacial score (nSPS) is 11.8. The van der Waals surface area contributed by atoms with Gasteiger partial charge in [0, 0.05) is 41.1 Å². The number of rotatable bonds is 5. The molecule has 6 rings (SSSR count). The number of imidazole rings is 1. The van der Waals surface area contributed by atoms with Crippen molar-refractivity contribution in [1.82, 2.24) is 40.0 Å². The van der Waals surface area contributed by atoms with Crippen LogP contribution in [0.15, 0.2) is 54.4 Å². The van der Waals surface area contributed by atoms with E-state index in [0.29, 0.717) is 40.2 Å². The zero-order valence-corrected chi connectivity index (χ0v) is 19.2. The number of hydrogen-bond acceptors (Lipinski definition) is 7. The van der Waals surface area contributed by atoms with Crippen LogP contribution < -0.4 is 0 Å².